The van der Waals surface area contributed by atoms with Gasteiger partial charge >= 0.3 is 6.03 Å². The number of urea groups is 1. The van der Waals surface area contributed by atoms with Crippen molar-refractivity contribution in [2.45, 2.75) is 37.6 Å². The van der Waals surface area contributed by atoms with E-state index in [1.165, 1.54) is 17.2 Å². The van der Waals surface area contributed by atoms with Gasteiger partial charge in [0, 0.05) is 45.2 Å². The lowest BCUT2D eigenvalue weighted by molar-refractivity contribution is -0.385. The summed E-state index contributed by atoms with van der Waals surface area (Å²) in [6, 6.07) is 2.62. The van der Waals surface area contributed by atoms with Crippen LogP contribution in [0.2, 0.25) is 0 Å². The van der Waals surface area contributed by atoms with E-state index in [9.17, 15) is 24.5 Å². The largest absolute Gasteiger partial charge is 0.353 e. The van der Waals surface area contributed by atoms with Crippen LogP contribution in [0.1, 0.15) is 32.1 Å². The molecule has 0 unspecified atom stereocenters. The maximum Gasteiger partial charge on any atom is 0.325 e. The number of anilines is 1. The van der Waals surface area contributed by atoms with Crippen LogP contribution in [0.5, 0.6) is 0 Å². The molecule has 11 heteroatoms. The molecule has 0 radical (unpaired) electrons. The summed E-state index contributed by atoms with van der Waals surface area (Å²) >= 11 is 0. The van der Waals surface area contributed by atoms with Crippen molar-refractivity contribution >= 4 is 29.4 Å². The van der Waals surface area contributed by atoms with E-state index in [1.807, 2.05) is 4.90 Å². The summed E-state index contributed by atoms with van der Waals surface area (Å²) in [5, 5.41) is 13.6. The number of nitrogens with one attached hydrogen (secondary N) is 1. The molecule has 3 aliphatic rings. The third-order valence-electron chi connectivity index (χ3n) is 6.15. The van der Waals surface area contributed by atoms with E-state index in [1.54, 1.807) is 11.0 Å². The van der Waals surface area contributed by atoms with E-state index in [0.29, 0.717) is 44.8 Å². The Bertz CT molecular complexity index is 859. The molecule has 1 saturated carbocycles. The second kappa shape index (κ2) is 7.88. The number of amides is 4. The molecule has 2 saturated heterocycles. The van der Waals surface area contributed by atoms with Crippen LogP contribution in [0, 0.1) is 10.1 Å². The number of hydrogen-bond acceptors (Lipinski definition) is 7. The van der Waals surface area contributed by atoms with Crippen LogP contribution in [0.25, 0.3) is 0 Å². The van der Waals surface area contributed by atoms with Crippen molar-refractivity contribution in [1.29, 1.82) is 0 Å². The molecule has 1 spiro atoms. The van der Waals surface area contributed by atoms with Gasteiger partial charge in [-0.1, -0.05) is 12.8 Å². The predicted octanol–water partition coefficient (Wildman–Crippen LogP) is 0.893. The van der Waals surface area contributed by atoms with E-state index >= 15 is 0 Å². The van der Waals surface area contributed by atoms with E-state index < -0.39 is 16.5 Å². The molecule has 1 aromatic rings. The fourth-order valence-corrected chi connectivity index (χ4v) is 4.42. The zero-order chi connectivity index (χ0) is 21.3. The Morgan fingerprint density at radius 3 is 2.47 bits per heavy atom. The van der Waals surface area contributed by atoms with Crippen molar-refractivity contribution in [3.63, 3.8) is 0 Å². The molecular weight excluding hydrogens is 392 g/mol. The fraction of sp³-hybridized carbons (Fsp3) is 0.579. The third kappa shape index (κ3) is 3.66. The van der Waals surface area contributed by atoms with Gasteiger partial charge < -0.3 is 15.1 Å². The predicted molar refractivity (Wildman–Crippen MR) is 106 cm³/mol. The first kappa shape index (κ1) is 20.0. The standard InChI is InChI=1S/C19H24N6O5/c26-16(5-8-24-17(27)19(21-18(24)28)6-1-2-7-19)23-11-9-22(10-12-23)15-4-3-14(13-20-15)25(29)30/h3-4,13H,1-2,5-12H2,(H,21,28). The number of nitrogens with zero attached hydrogens (tertiary/aromatic N) is 5. The summed E-state index contributed by atoms with van der Waals surface area (Å²) in [5.74, 6) is 0.333. The number of carbonyl (C=O) groups excluding carboxylic acids is 3. The summed E-state index contributed by atoms with van der Waals surface area (Å²) < 4.78 is 0. The minimum atomic E-state index is -0.747. The number of imide groups is 1. The quantitative estimate of drug-likeness (QED) is 0.429. The van der Waals surface area contributed by atoms with E-state index in [-0.39, 0.29) is 30.5 Å². The van der Waals surface area contributed by atoms with Gasteiger partial charge in [0.1, 0.15) is 17.6 Å². The van der Waals surface area contributed by atoms with Crippen molar-refractivity contribution in [3.05, 3.63) is 28.4 Å². The molecule has 30 heavy (non-hydrogen) atoms. The number of nitro groups is 1. The second-order valence-electron chi connectivity index (χ2n) is 7.93. The second-order valence-corrected chi connectivity index (χ2v) is 7.93. The van der Waals surface area contributed by atoms with E-state index in [4.69, 9.17) is 0 Å². The van der Waals surface area contributed by atoms with Crippen molar-refractivity contribution in [1.82, 2.24) is 20.1 Å². The highest BCUT2D eigenvalue weighted by molar-refractivity contribution is 6.07. The normalized spacial score (nSPS) is 20.7. The molecule has 0 aromatic carbocycles. The van der Waals surface area contributed by atoms with Crippen LogP contribution in [0.3, 0.4) is 0 Å². The van der Waals surface area contributed by atoms with Gasteiger partial charge in [0.05, 0.1) is 4.92 Å². The molecule has 4 amide bonds. The lowest BCUT2D eigenvalue weighted by Crippen LogP contribution is -2.49. The zero-order valence-electron chi connectivity index (χ0n) is 16.6. The van der Waals surface area contributed by atoms with Gasteiger partial charge in [-0.05, 0) is 18.9 Å². The average molecular weight is 416 g/mol. The van der Waals surface area contributed by atoms with Crippen LogP contribution in [-0.4, -0.2) is 75.8 Å². The molecule has 11 nitrogen and oxygen atoms in total. The SMILES string of the molecule is O=C(CCN1C(=O)NC2(CCCC2)C1=O)N1CCN(c2ccc([N+](=O)[O-])cn2)CC1. The lowest BCUT2D eigenvalue weighted by atomic mass is 9.98. The Labute approximate surface area is 173 Å². The minimum absolute atomic E-state index is 0.0626. The average Bonchev–Trinajstić information content (AvgIpc) is 3.31. The van der Waals surface area contributed by atoms with Crippen molar-refractivity contribution in [2.24, 2.45) is 0 Å². The first-order valence-corrected chi connectivity index (χ1v) is 10.2. The van der Waals surface area contributed by atoms with Crippen LogP contribution >= 0.6 is 0 Å². The molecule has 3 fully saturated rings. The van der Waals surface area contributed by atoms with Gasteiger partial charge in [-0.3, -0.25) is 24.6 Å². The summed E-state index contributed by atoms with van der Waals surface area (Å²) in [6.45, 7) is 2.18. The Hall–Kier alpha value is -3.24. The molecule has 1 aromatic heterocycles. The highest BCUT2D eigenvalue weighted by Gasteiger charge is 2.52. The topological polar surface area (TPSA) is 129 Å². The first-order chi connectivity index (χ1) is 14.4. The summed E-state index contributed by atoms with van der Waals surface area (Å²) in [4.78, 5) is 56.7. The number of hydrogen-bond donors (Lipinski definition) is 1. The van der Waals surface area contributed by atoms with Crippen LogP contribution in [0.4, 0.5) is 16.3 Å². The summed E-state index contributed by atoms with van der Waals surface area (Å²) in [6.07, 6.45) is 4.51. The maximum atomic E-state index is 12.7. The zero-order valence-corrected chi connectivity index (χ0v) is 16.6. The number of aromatic nitrogens is 1. The molecule has 0 atom stereocenters. The molecule has 2 aliphatic heterocycles. The van der Waals surface area contributed by atoms with Crippen LogP contribution in [-0.2, 0) is 9.59 Å². The summed E-state index contributed by atoms with van der Waals surface area (Å²) in [5.41, 5.74) is -0.809. The smallest absolute Gasteiger partial charge is 0.325 e. The highest BCUT2D eigenvalue weighted by atomic mass is 16.6. The monoisotopic (exact) mass is 416 g/mol. The Kier molecular flexibility index (Phi) is 5.27. The van der Waals surface area contributed by atoms with Crippen molar-refractivity contribution < 1.29 is 19.3 Å². The van der Waals surface area contributed by atoms with Gasteiger partial charge in [0.15, 0.2) is 0 Å². The van der Waals surface area contributed by atoms with Gasteiger partial charge in [0.2, 0.25) is 5.91 Å². The summed E-state index contributed by atoms with van der Waals surface area (Å²) in [7, 11) is 0. The van der Waals surface area contributed by atoms with E-state index in [0.717, 1.165) is 12.8 Å². The molecule has 1 aliphatic carbocycles. The van der Waals surface area contributed by atoms with Crippen molar-refractivity contribution in [3.8, 4) is 0 Å². The van der Waals surface area contributed by atoms with Crippen LogP contribution < -0.4 is 10.2 Å². The first-order valence-electron chi connectivity index (χ1n) is 10.2. The van der Waals surface area contributed by atoms with Gasteiger partial charge in [-0.2, -0.15) is 0 Å². The van der Waals surface area contributed by atoms with E-state index in [2.05, 4.69) is 10.3 Å². The van der Waals surface area contributed by atoms with Crippen LogP contribution in [0.15, 0.2) is 18.3 Å². The van der Waals surface area contributed by atoms with Gasteiger partial charge in [0.25, 0.3) is 11.6 Å². The third-order valence-corrected chi connectivity index (χ3v) is 6.15. The number of carbonyl (C=O) groups is 3. The molecule has 160 valence electrons. The van der Waals surface area contributed by atoms with Gasteiger partial charge in [-0.15, -0.1) is 0 Å². The molecule has 1 N–H and O–H groups in total. The number of pyridine rings is 1. The number of piperazine rings is 1. The highest BCUT2D eigenvalue weighted by Crippen LogP contribution is 2.35. The Morgan fingerprint density at radius 2 is 1.87 bits per heavy atom. The molecular formula is C19H24N6O5. The minimum Gasteiger partial charge on any atom is -0.353 e. The Morgan fingerprint density at radius 1 is 1.17 bits per heavy atom. The molecule has 4 rings (SSSR count). The van der Waals surface area contributed by atoms with Gasteiger partial charge in [-0.25, -0.2) is 9.78 Å². The fourth-order valence-electron chi connectivity index (χ4n) is 4.42. The molecule has 3 heterocycles. The van der Waals surface area contributed by atoms with Crippen molar-refractivity contribution in [2.75, 3.05) is 37.6 Å². The Balaban J connectivity index is 1.27. The number of rotatable bonds is 5. The molecule has 0 bridgehead atoms. The lowest BCUT2D eigenvalue weighted by Gasteiger charge is -2.35. The maximum absolute atomic E-state index is 12.7.